The van der Waals surface area contributed by atoms with E-state index in [2.05, 4.69) is 0 Å². The van der Waals surface area contributed by atoms with E-state index in [-0.39, 0.29) is 5.75 Å². The molecule has 1 aromatic carbocycles. The van der Waals surface area contributed by atoms with Gasteiger partial charge in [0.15, 0.2) is 10.7 Å². The summed E-state index contributed by atoms with van der Waals surface area (Å²) in [6.07, 6.45) is 1.27. The number of phenols is 1. The average molecular weight is 214 g/mol. The van der Waals surface area contributed by atoms with Crippen LogP contribution in [-0.2, 0) is 23.5 Å². The fraction of sp³-hybridized carbons (Fsp3) is 0.400. The van der Waals surface area contributed by atoms with Crippen LogP contribution in [0.25, 0.3) is 0 Å². The Labute approximate surface area is 85.3 Å². The topological polar surface area (TPSA) is 54.4 Å². The predicted molar refractivity (Wildman–Crippen MR) is 55.4 cm³/mol. The summed E-state index contributed by atoms with van der Waals surface area (Å²) >= 11 is 0. The fourth-order valence-electron chi connectivity index (χ4n) is 1.63. The SMILES string of the molecule is CCc1c(O)ccc([SH](=O)=O)c1CC. The van der Waals surface area contributed by atoms with Crippen molar-refractivity contribution >= 4 is 10.7 Å². The molecule has 1 aromatic rings. The summed E-state index contributed by atoms with van der Waals surface area (Å²) in [6, 6.07) is 2.90. The van der Waals surface area contributed by atoms with Crippen molar-refractivity contribution in [2.75, 3.05) is 0 Å². The molecule has 0 aromatic heterocycles. The van der Waals surface area contributed by atoms with Crippen LogP contribution in [0.3, 0.4) is 0 Å². The highest BCUT2D eigenvalue weighted by molar-refractivity contribution is 7.72. The predicted octanol–water partition coefficient (Wildman–Crippen LogP) is 1.49. The Morgan fingerprint density at radius 2 is 1.71 bits per heavy atom. The molecule has 1 N–H and O–H groups in total. The molecule has 78 valence electrons. The van der Waals surface area contributed by atoms with Crippen LogP contribution in [0.1, 0.15) is 25.0 Å². The molecule has 0 atom stereocenters. The lowest BCUT2D eigenvalue weighted by molar-refractivity contribution is 0.467. The molecule has 0 aliphatic carbocycles. The molecular formula is C10H14O3S. The second-order valence-corrected chi connectivity index (χ2v) is 4.02. The zero-order valence-electron chi connectivity index (χ0n) is 8.28. The number of hydrogen-bond donors (Lipinski definition) is 2. The average Bonchev–Trinajstić information content (AvgIpc) is 2.16. The van der Waals surface area contributed by atoms with E-state index >= 15 is 0 Å². The van der Waals surface area contributed by atoms with Crippen molar-refractivity contribution in [3.05, 3.63) is 23.3 Å². The lowest BCUT2D eigenvalue weighted by Gasteiger charge is -2.10. The molecule has 0 radical (unpaired) electrons. The van der Waals surface area contributed by atoms with E-state index in [4.69, 9.17) is 0 Å². The van der Waals surface area contributed by atoms with E-state index in [0.29, 0.717) is 17.7 Å². The Bertz CT molecular complexity index is 400. The number of phenolic OH excluding ortho intramolecular Hbond substituents is 1. The van der Waals surface area contributed by atoms with Crippen molar-refractivity contribution in [1.82, 2.24) is 0 Å². The molecule has 0 saturated carbocycles. The lowest BCUT2D eigenvalue weighted by Crippen LogP contribution is -1.97. The minimum absolute atomic E-state index is 0.185. The number of hydrogen-bond acceptors (Lipinski definition) is 3. The van der Waals surface area contributed by atoms with Gasteiger partial charge >= 0.3 is 0 Å². The molecular weight excluding hydrogens is 200 g/mol. The fourth-order valence-corrected chi connectivity index (χ4v) is 2.34. The molecule has 1 rings (SSSR count). The van der Waals surface area contributed by atoms with Gasteiger partial charge in [0.05, 0.1) is 4.90 Å². The highest BCUT2D eigenvalue weighted by Crippen LogP contribution is 2.26. The van der Waals surface area contributed by atoms with E-state index in [0.717, 1.165) is 11.1 Å². The second kappa shape index (κ2) is 4.46. The zero-order valence-corrected chi connectivity index (χ0v) is 9.17. The number of thiol groups is 1. The van der Waals surface area contributed by atoms with Gasteiger partial charge in [-0.1, -0.05) is 13.8 Å². The first-order valence-electron chi connectivity index (χ1n) is 4.59. The summed E-state index contributed by atoms with van der Waals surface area (Å²) in [7, 11) is -2.57. The van der Waals surface area contributed by atoms with Crippen molar-refractivity contribution in [2.24, 2.45) is 0 Å². The van der Waals surface area contributed by atoms with Crippen molar-refractivity contribution in [2.45, 2.75) is 31.6 Å². The van der Waals surface area contributed by atoms with Gasteiger partial charge in [0.2, 0.25) is 0 Å². The van der Waals surface area contributed by atoms with E-state index in [9.17, 15) is 13.5 Å². The lowest BCUT2D eigenvalue weighted by atomic mass is 10.0. The van der Waals surface area contributed by atoms with Gasteiger partial charge < -0.3 is 5.11 Å². The van der Waals surface area contributed by atoms with Crippen LogP contribution >= 0.6 is 0 Å². The van der Waals surface area contributed by atoms with Gasteiger partial charge in [0.1, 0.15) is 5.75 Å². The summed E-state index contributed by atoms with van der Waals surface area (Å²) in [5.74, 6) is 0.185. The third kappa shape index (κ3) is 1.90. The summed E-state index contributed by atoms with van der Waals surface area (Å²) in [4.78, 5) is 0.331. The molecule has 0 unspecified atom stereocenters. The van der Waals surface area contributed by atoms with E-state index < -0.39 is 10.7 Å². The third-order valence-electron chi connectivity index (χ3n) is 2.29. The molecule has 0 saturated heterocycles. The Morgan fingerprint density at radius 1 is 1.14 bits per heavy atom. The van der Waals surface area contributed by atoms with E-state index in [1.54, 1.807) is 0 Å². The molecule has 0 heterocycles. The summed E-state index contributed by atoms with van der Waals surface area (Å²) in [6.45, 7) is 3.78. The molecule has 3 nitrogen and oxygen atoms in total. The molecule has 0 amide bonds. The molecule has 0 fully saturated rings. The van der Waals surface area contributed by atoms with Gasteiger partial charge in [-0.05, 0) is 36.1 Å². The van der Waals surface area contributed by atoms with E-state index in [1.807, 2.05) is 13.8 Å². The van der Waals surface area contributed by atoms with Gasteiger partial charge in [-0.25, -0.2) is 8.42 Å². The standard InChI is InChI=1S/C10H14O3S/c1-3-7-8(4-2)10(14(12)13)6-5-9(7)11/h5-6,11,14H,3-4H2,1-2H3. The molecule has 14 heavy (non-hydrogen) atoms. The largest absolute Gasteiger partial charge is 0.508 e. The minimum atomic E-state index is -2.57. The van der Waals surface area contributed by atoms with Crippen molar-refractivity contribution in [1.29, 1.82) is 0 Å². The first-order chi connectivity index (χ1) is 6.61. The Morgan fingerprint density at radius 3 is 2.14 bits per heavy atom. The van der Waals surface area contributed by atoms with Gasteiger partial charge in [0, 0.05) is 0 Å². The highest BCUT2D eigenvalue weighted by Gasteiger charge is 2.11. The maximum absolute atomic E-state index is 10.9. The van der Waals surface area contributed by atoms with Gasteiger partial charge in [-0.3, -0.25) is 0 Å². The summed E-state index contributed by atoms with van der Waals surface area (Å²) in [5, 5.41) is 9.53. The Hall–Kier alpha value is -1.03. The van der Waals surface area contributed by atoms with Crippen molar-refractivity contribution in [3.8, 4) is 5.75 Å². The van der Waals surface area contributed by atoms with Gasteiger partial charge in [0.25, 0.3) is 0 Å². The monoisotopic (exact) mass is 214 g/mol. The maximum Gasteiger partial charge on any atom is 0.168 e. The molecule has 0 bridgehead atoms. The summed E-state index contributed by atoms with van der Waals surface area (Å²) < 4.78 is 21.8. The number of benzene rings is 1. The number of rotatable bonds is 3. The molecule has 0 spiro atoms. The van der Waals surface area contributed by atoms with Crippen molar-refractivity contribution in [3.63, 3.8) is 0 Å². The van der Waals surface area contributed by atoms with Crippen LogP contribution in [0, 0.1) is 0 Å². The smallest absolute Gasteiger partial charge is 0.168 e. The van der Waals surface area contributed by atoms with Gasteiger partial charge in [-0.2, -0.15) is 0 Å². The van der Waals surface area contributed by atoms with Crippen LogP contribution in [0.4, 0.5) is 0 Å². The third-order valence-corrected chi connectivity index (χ3v) is 3.10. The van der Waals surface area contributed by atoms with Crippen LogP contribution in [0.15, 0.2) is 17.0 Å². The first kappa shape index (κ1) is 11.0. The zero-order chi connectivity index (χ0) is 10.7. The quantitative estimate of drug-likeness (QED) is 0.749. The summed E-state index contributed by atoms with van der Waals surface area (Å²) in [5.41, 5.74) is 1.48. The van der Waals surface area contributed by atoms with Crippen LogP contribution in [0.5, 0.6) is 5.75 Å². The Balaban J connectivity index is 3.48. The van der Waals surface area contributed by atoms with Crippen molar-refractivity contribution < 1.29 is 13.5 Å². The van der Waals surface area contributed by atoms with Crippen LogP contribution < -0.4 is 0 Å². The minimum Gasteiger partial charge on any atom is -0.508 e. The normalized spacial score (nSPS) is 10.8. The number of aromatic hydroxyl groups is 1. The molecule has 4 heteroatoms. The molecule has 0 aliphatic heterocycles. The van der Waals surface area contributed by atoms with Crippen LogP contribution in [-0.4, -0.2) is 13.5 Å². The van der Waals surface area contributed by atoms with Crippen LogP contribution in [0.2, 0.25) is 0 Å². The van der Waals surface area contributed by atoms with E-state index in [1.165, 1.54) is 12.1 Å². The van der Waals surface area contributed by atoms with Gasteiger partial charge in [-0.15, -0.1) is 0 Å². The maximum atomic E-state index is 10.9. The molecule has 0 aliphatic rings. The second-order valence-electron chi connectivity index (χ2n) is 3.03. The Kier molecular flexibility index (Phi) is 3.52. The first-order valence-corrected chi connectivity index (χ1v) is 5.77. The highest BCUT2D eigenvalue weighted by atomic mass is 32.2.